The highest BCUT2D eigenvalue weighted by molar-refractivity contribution is 6.31. The average Bonchev–Trinajstić information content (AvgIpc) is 3.27. The van der Waals surface area contributed by atoms with E-state index in [0.29, 0.717) is 27.7 Å². The van der Waals surface area contributed by atoms with E-state index in [-0.39, 0.29) is 11.6 Å². The number of aromatic nitrogens is 2. The highest BCUT2D eigenvalue weighted by atomic mass is 35.5. The first-order valence-electron chi connectivity index (χ1n) is 8.34. The molecule has 0 saturated carbocycles. The summed E-state index contributed by atoms with van der Waals surface area (Å²) in [5.74, 6) is 1.06. The van der Waals surface area contributed by atoms with Gasteiger partial charge < -0.3 is 9.15 Å². The van der Waals surface area contributed by atoms with E-state index in [1.54, 1.807) is 23.7 Å². The number of carbonyl (C=O) groups excluding carboxylic acids is 1. The van der Waals surface area contributed by atoms with Gasteiger partial charge in [-0.3, -0.25) is 0 Å². The fourth-order valence-electron chi connectivity index (χ4n) is 2.92. The Bertz CT molecular complexity index is 1110. The van der Waals surface area contributed by atoms with Crippen LogP contribution < -0.4 is 0 Å². The van der Waals surface area contributed by atoms with Crippen molar-refractivity contribution < 1.29 is 13.9 Å². The quantitative estimate of drug-likeness (QED) is 0.498. The van der Waals surface area contributed by atoms with E-state index in [4.69, 9.17) is 20.8 Å². The Labute approximate surface area is 160 Å². The number of cyclic esters (lactones) is 1. The van der Waals surface area contributed by atoms with Gasteiger partial charge in [-0.2, -0.15) is 5.10 Å². The molecule has 6 nitrogen and oxygen atoms in total. The number of para-hydroxylation sites is 1. The predicted octanol–water partition coefficient (Wildman–Crippen LogP) is 4.39. The summed E-state index contributed by atoms with van der Waals surface area (Å²) < 4.78 is 12.4. The Morgan fingerprint density at radius 3 is 2.56 bits per heavy atom. The van der Waals surface area contributed by atoms with Crippen LogP contribution in [0.2, 0.25) is 5.15 Å². The second-order valence-electron chi connectivity index (χ2n) is 6.20. The lowest BCUT2D eigenvalue weighted by Crippen LogP contribution is -2.05. The zero-order chi connectivity index (χ0) is 19.1. The summed E-state index contributed by atoms with van der Waals surface area (Å²) in [5, 5.41) is 4.87. The number of aryl methyl sites for hydroxylation is 3. The number of rotatable bonds is 3. The van der Waals surface area contributed by atoms with Crippen molar-refractivity contribution in [2.75, 3.05) is 0 Å². The minimum Gasteiger partial charge on any atom is -0.466 e. The largest absolute Gasteiger partial charge is 0.466 e. The van der Waals surface area contributed by atoms with E-state index >= 15 is 0 Å². The first kappa shape index (κ1) is 17.3. The van der Waals surface area contributed by atoms with Crippen molar-refractivity contribution in [2.45, 2.75) is 20.8 Å². The van der Waals surface area contributed by atoms with Gasteiger partial charge in [-0.25, -0.2) is 14.5 Å². The van der Waals surface area contributed by atoms with Crippen LogP contribution in [0.3, 0.4) is 0 Å². The van der Waals surface area contributed by atoms with Gasteiger partial charge in [0.25, 0.3) is 0 Å². The molecule has 0 N–H and O–H groups in total. The van der Waals surface area contributed by atoms with Gasteiger partial charge in [-0.05, 0) is 45.0 Å². The van der Waals surface area contributed by atoms with Crippen LogP contribution in [0.4, 0.5) is 0 Å². The van der Waals surface area contributed by atoms with Crippen LogP contribution in [0.25, 0.3) is 11.8 Å². The van der Waals surface area contributed by atoms with Crippen LogP contribution in [0.5, 0.6) is 0 Å². The Morgan fingerprint density at radius 1 is 1.15 bits per heavy atom. The van der Waals surface area contributed by atoms with Gasteiger partial charge in [-0.15, -0.1) is 0 Å². The monoisotopic (exact) mass is 381 g/mol. The molecule has 27 heavy (non-hydrogen) atoms. The standard InChI is InChI=1S/C20H16ClN3O3/c1-11-9-16(13(3)26-11)19-22-17(20(25)27-19)10-15-12(2)23-24(18(15)21)14-7-5-4-6-8-14/h4-10H,1-3H3/b17-10-. The second kappa shape index (κ2) is 6.55. The minimum absolute atomic E-state index is 0.167. The molecule has 136 valence electrons. The maximum Gasteiger partial charge on any atom is 0.363 e. The molecule has 0 amide bonds. The lowest BCUT2D eigenvalue weighted by Gasteiger charge is -2.01. The van der Waals surface area contributed by atoms with E-state index in [2.05, 4.69) is 10.1 Å². The Hall–Kier alpha value is -3.12. The average molecular weight is 382 g/mol. The Balaban J connectivity index is 1.75. The van der Waals surface area contributed by atoms with Gasteiger partial charge >= 0.3 is 5.97 Å². The van der Waals surface area contributed by atoms with Gasteiger partial charge in [0.2, 0.25) is 5.90 Å². The van der Waals surface area contributed by atoms with E-state index < -0.39 is 5.97 Å². The Morgan fingerprint density at radius 2 is 1.89 bits per heavy atom. The zero-order valence-corrected chi connectivity index (χ0v) is 15.7. The van der Waals surface area contributed by atoms with Crippen molar-refractivity contribution in [1.29, 1.82) is 0 Å². The van der Waals surface area contributed by atoms with Crippen molar-refractivity contribution in [1.82, 2.24) is 9.78 Å². The molecule has 0 spiro atoms. The van der Waals surface area contributed by atoms with Crippen LogP contribution in [0.15, 0.2) is 51.5 Å². The van der Waals surface area contributed by atoms with Crippen LogP contribution in [0.1, 0.15) is 28.3 Å². The molecule has 1 aliphatic heterocycles. The first-order chi connectivity index (χ1) is 12.9. The fourth-order valence-corrected chi connectivity index (χ4v) is 3.25. The number of esters is 1. The second-order valence-corrected chi connectivity index (χ2v) is 6.56. The molecule has 7 heteroatoms. The van der Waals surface area contributed by atoms with Crippen molar-refractivity contribution in [3.63, 3.8) is 0 Å². The van der Waals surface area contributed by atoms with Crippen molar-refractivity contribution in [3.05, 3.63) is 75.6 Å². The fraction of sp³-hybridized carbons (Fsp3) is 0.150. The van der Waals surface area contributed by atoms with Crippen LogP contribution in [0, 0.1) is 20.8 Å². The van der Waals surface area contributed by atoms with Gasteiger partial charge in [0.1, 0.15) is 16.7 Å². The van der Waals surface area contributed by atoms with Crippen LogP contribution >= 0.6 is 11.6 Å². The number of ether oxygens (including phenoxy) is 1. The third-order valence-electron chi connectivity index (χ3n) is 4.22. The summed E-state index contributed by atoms with van der Waals surface area (Å²) in [6, 6.07) is 11.3. The first-order valence-corrected chi connectivity index (χ1v) is 8.72. The Kier molecular flexibility index (Phi) is 4.20. The third kappa shape index (κ3) is 3.08. The highest BCUT2D eigenvalue weighted by Gasteiger charge is 2.27. The van der Waals surface area contributed by atoms with Crippen molar-refractivity contribution >= 4 is 29.5 Å². The summed E-state index contributed by atoms with van der Waals surface area (Å²) in [4.78, 5) is 16.6. The number of furan rings is 1. The molecular weight excluding hydrogens is 366 g/mol. The molecule has 1 aromatic carbocycles. The number of hydrogen-bond acceptors (Lipinski definition) is 5. The molecule has 0 saturated heterocycles. The molecule has 0 aliphatic carbocycles. The topological polar surface area (TPSA) is 69.6 Å². The van der Waals surface area contributed by atoms with Crippen LogP contribution in [-0.2, 0) is 9.53 Å². The number of carbonyl (C=O) groups is 1. The number of hydrogen-bond donors (Lipinski definition) is 0. The van der Waals surface area contributed by atoms with Crippen LogP contribution in [-0.4, -0.2) is 21.6 Å². The van der Waals surface area contributed by atoms with E-state index in [1.165, 1.54) is 0 Å². The minimum atomic E-state index is -0.536. The molecule has 4 rings (SSSR count). The van der Waals surface area contributed by atoms with Gasteiger partial charge in [-0.1, -0.05) is 29.8 Å². The summed E-state index contributed by atoms with van der Waals surface area (Å²) in [5.41, 5.74) is 2.96. The molecule has 0 fully saturated rings. The van der Waals surface area contributed by atoms with E-state index in [1.807, 2.05) is 44.2 Å². The molecular formula is C20H16ClN3O3. The lowest BCUT2D eigenvalue weighted by molar-refractivity contribution is -0.129. The number of aliphatic imine (C=N–C) groups is 1. The summed E-state index contributed by atoms with van der Waals surface area (Å²) in [6.45, 7) is 5.45. The van der Waals surface area contributed by atoms with E-state index in [0.717, 1.165) is 11.4 Å². The van der Waals surface area contributed by atoms with Crippen molar-refractivity contribution in [3.8, 4) is 5.69 Å². The molecule has 3 heterocycles. The molecule has 1 aliphatic rings. The molecule has 3 aromatic rings. The molecule has 0 bridgehead atoms. The maximum atomic E-state index is 12.3. The third-order valence-corrected chi connectivity index (χ3v) is 4.59. The molecule has 0 atom stereocenters. The lowest BCUT2D eigenvalue weighted by atomic mass is 10.2. The molecule has 2 aromatic heterocycles. The normalized spacial score (nSPS) is 15.3. The predicted molar refractivity (Wildman–Crippen MR) is 102 cm³/mol. The van der Waals surface area contributed by atoms with Gasteiger partial charge in [0, 0.05) is 5.56 Å². The molecule has 0 unspecified atom stereocenters. The summed E-state index contributed by atoms with van der Waals surface area (Å²) in [6.07, 6.45) is 1.60. The zero-order valence-electron chi connectivity index (χ0n) is 15.0. The number of nitrogens with zero attached hydrogens (tertiary/aromatic N) is 3. The molecule has 0 radical (unpaired) electrons. The van der Waals surface area contributed by atoms with Gasteiger partial charge in [0.05, 0.1) is 16.9 Å². The number of halogens is 1. The maximum absolute atomic E-state index is 12.3. The summed E-state index contributed by atoms with van der Waals surface area (Å²) >= 11 is 6.51. The number of benzene rings is 1. The van der Waals surface area contributed by atoms with Crippen molar-refractivity contribution in [2.24, 2.45) is 4.99 Å². The van der Waals surface area contributed by atoms with E-state index in [9.17, 15) is 4.79 Å². The highest BCUT2D eigenvalue weighted by Crippen LogP contribution is 2.28. The SMILES string of the molecule is Cc1cc(C2=N/C(=C\c3c(C)nn(-c4ccccc4)c3Cl)C(=O)O2)c(C)o1. The van der Waals surface area contributed by atoms with Gasteiger partial charge in [0.15, 0.2) is 5.70 Å². The summed E-state index contributed by atoms with van der Waals surface area (Å²) in [7, 11) is 0. The smallest absolute Gasteiger partial charge is 0.363 e.